The van der Waals surface area contributed by atoms with Gasteiger partial charge in [-0.1, -0.05) is 13.0 Å². The van der Waals surface area contributed by atoms with Crippen LogP contribution in [-0.4, -0.2) is 41.0 Å². The zero-order valence-electron chi connectivity index (χ0n) is 18.2. The van der Waals surface area contributed by atoms with Crippen LogP contribution in [0.3, 0.4) is 0 Å². The van der Waals surface area contributed by atoms with Crippen molar-refractivity contribution in [2.75, 3.05) is 12.4 Å². The molecule has 0 bridgehead atoms. The molecule has 1 aliphatic rings. The van der Waals surface area contributed by atoms with Gasteiger partial charge in [-0.05, 0) is 32.0 Å². The number of amides is 1. The molecule has 33 heavy (non-hydrogen) atoms. The van der Waals surface area contributed by atoms with Crippen LogP contribution in [0.5, 0.6) is 5.75 Å². The van der Waals surface area contributed by atoms with E-state index in [9.17, 15) is 31.9 Å². The molecule has 0 spiro atoms. The summed E-state index contributed by atoms with van der Waals surface area (Å²) in [4.78, 5) is 17.0. The van der Waals surface area contributed by atoms with E-state index in [1.807, 2.05) is 0 Å². The molecular formula is C22H23F5N2O4. The van der Waals surface area contributed by atoms with Gasteiger partial charge in [0.05, 0.1) is 18.9 Å². The first-order chi connectivity index (χ1) is 15.3. The molecule has 6 nitrogen and oxygen atoms in total. The molecule has 11 heteroatoms. The Kier molecular flexibility index (Phi) is 6.67. The molecule has 180 valence electrons. The van der Waals surface area contributed by atoms with Gasteiger partial charge < -0.3 is 19.9 Å². The van der Waals surface area contributed by atoms with Crippen molar-refractivity contribution in [3.05, 3.63) is 53.4 Å². The van der Waals surface area contributed by atoms with Crippen molar-refractivity contribution < 1.29 is 41.3 Å². The van der Waals surface area contributed by atoms with Crippen LogP contribution in [0.2, 0.25) is 0 Å². The molecule has 0 radical (unpaired) electrons. The van der Waals surface area contributed by atoms with Gasteiger partial charge in [-0.25, -0.2) is 4.39 Å². The lowest BCUT2D eigenvalue weighted by atomic mass is 9.77. The number of hydrogen-bond acceptors (Lipinski definition) is 5. The average molecular weight is 474 g/mol. The number of aliphatic hydroxyl groups is 1. The van der Waals surface area contributed by atoms with Crippen molar-refractivity contribution in [1.29, 1.82) is 0 Å². The molecule has 2 N–H and O–H groups in total. The summed E-state index contributed by atoms with van der Waals surface area (Å²) in [5.41, 5.74) is -2.49. The molecule has 0 saturated carbocycles. The van der Waals surface area contributed by atoms with E-state index < -0.39 is 59.1 Å². The Morgan fingerprint density at radius 1 is 1.30 bits per heavy atom. The number of anilines is 1. The van der Waals surface area contributed by atoms with Crippen molar-refractivity contribution >= 4 is 11.6 Å². The molecule has 2 aromatic rings. The third-order valence-electron chi connectivity index (χ3n) is 6.05. The number of benzene rings is 1. The van der Waals surface area contributed by atoms with Crippen LogP contribution in [0.1, 0.15) is 44.1 Å². The Morgan fingerprint density at radius 3 is 2.55 bits per heavy atom. The summed E-state index contributed by atoms with van der Waals surface area (Å²) in [5.74, 6) is -6.84. The summed E-state index contributed by atoms with van der Waals surface area (Å²) >= 11 is 0. The van der Waals surface area contributed by atoms with E-state index in [0.717, 1.165) is 26.2 Å². The SMILES string of the molecule is COc1c([C@H]2[C@H](C(=O)Nc3ccnc([C@H](C)O)c3)O[C@@](C)(C(F)(F)F)[C@H]2C)ccc(F)c1F. The van der Waals surface area contributed by atoms with Gasteiger partial charge in [0.15, 0.2) is 17.2 Å². The minimum Gasteiger partial charge on any atom is -0.493 e. The second kappa shape index (κ2) is 8.86. The third-order valence-corrected chi connectivity index (χ3v) is 6.05. The summed E-state index contributed by atoms with van der Waals surface area (Å²) < 4.78 is 80.2. The van der Waals surface area contributed by atoms with Gasteiger partial charge in [0.2, 0.25) is 5.82 Å². The number of aromatic nitrogens is 1. The number of alkyl halides is 3. The van der Waals surface area contributed by atoms with Crippen LogP contribution < -0.4 is 10.1 Å². The number of pyridine rings is 1. The number of aliphatic hydroxyl groups excluding tert-OH is 1. The third kappa shape index (κ3) is 4.39. The highest BCUT2D eigenvalue weighted by Crippen LogP contribution is 2.55. The summed E-state index contributed by atoms with van der Waals surface area (Å²) in [6, 6.07) is 4.59. The molecule has 1 fully saturated rings. The zero-order valence-corrected chi connectivity index (χ0v) is 18.2. The van der Waals surface area contributed by atoms with E-state index in [1.54, 1.807) is 0 Å². The lowest BCUT2D eigenvalue weighted by Gasteiger charge is -2.32. The monoisotopic (exact) mass is 474 g/mol. The van der Waals surface area contributed by atoms with E-state index >= 15 is 0 Å². The lowest BCUT2D eigenvalue weighted by molar-refractivity contribution is -0.272. The first kappa shape index (κ1) is 24.8. The van der Waals surface area contributed by atoms with E-state index in [0.29, 0.717) is 0 Å². The Morgan fingerprint density at radius 2 is 1.97 bits per heavy atom. The zero-order chi connectivity index (χ0) is 24.7. The van der Waals surface area contributed by atoms with Crippen LogP contribution in [0, 0.1) is 17.6 Å². The number of carbonyl (C=O) groups excluding carboxylic acids is 1. The quantitative estimate of drug-likeness (QED) is 0.624. The Hall–Kier alpha value is -2.79. The first-order valence-corrected chi connectivity index (χ1v) is 10.0. The van der Waals surface area contributed by atoms with Gasteiger partial charge in [-0.2, -0.15) is 17.6 Å². The fraction of sp³-hybridized carbons (Fsp3) is 0.455. The highest BCUT2D eigenvalue weighted by atomic mass is 19.4. The van der Waals surface area contributed by atoms with E-state index in [-0.39, 0.29) is 16.9 Å². The second-order valence-electron chi connectivity index (χ2n) is 8.08. The number of rotatable bonds is 5. The maximum atomic E-state index is 14.4. The van der Waals surface area contributed by atoms with Crippen LogP contribution in [0.25, 0.3) is 0 Å². The fourth-order valence-corrected chi connectivity index (χ4v) is 4.01. The lowest BCUT2D eigenvalue weighted by Crippen LogP contribution is -2.47. The van der Waals surface area contributed by atoms with Crippen molar-refractivity contribution in [2.24, 2.45) is 5.92 Å². The van der Waals surface area contributed by atoms with Crippen molar-refractivity contribution in [3.63, 3.8) is 0 Å². The first-order valence-electron chi connectivity index (χ1n) is 10.0. The Bertz CT molecular complexity index is 1050. The van der Waals surface area contributed by atoms with E-state index in [4.69, 9.17) is 9.47 Å². The van der Waals surface area contributed by atoms with Crippen LogP contribution in [-0.2, 0) is 9.53 Å². The maximum Gasteiger partial charge on any atom is 0.417 e. The molecule has 1 aromatic heterocycles. The maximum absolute atomic E-state index is 14.4. The van der Waals surface area contributed by atoms with E-state index in [2.05, 4.69) is 10.3 Å². The standard InChI is InChI=1S/C22H23F5N2O4/c1-10-16(13-5-6-14(23)17(24)18(13)32-4)19(33-21(10,3)22(25,26)27)20(31)29-12-7-8-28-15(9-12)11(2)30/h5-11,16,19,30H,1-4H3,(H,28,29,31)/t10-,11-,16-,19+,21+/m0/s1. The summed E-state index contributed by atoms with van der Waals surface area (Å²) in [6.07, 6.45) is -6.21. The highest BCUT2D eigenvalue weighted by Gasteiger charge is 2.65. The molecule has 1 amide bonds. The Balaban J connectivity index is 2.07. The Labute approximate surface area is 186 Å². The number of ether oxygens (including phenoxy) is 2. The topological polar surface area (TPSA) is 80.7 Å². The van der Waals surface area contributed by atoms with Crippen LogP contribution in [0.15, 0.2) is 30.5 Å². The smallest absolute Gasteiger partial charge is 0.417 e. The predicted molar refractivity (Wildman–Crippen MR) is 108 cm³/mol. The predicted octanol–water partition coefficient (Wildman–Crippen LogP) is 4.50. The number of methoxy groups -OCH3 is 1. The van der Waals surface area contributed by atoms with Gasteiger partial charge in [0.1, 0.15) is 6.10 Å². The van der Waals surface area contributed by atoms with Crippen molar-refractivity contribution in [3.8, 4) is 5.75 Å². The molecule has 1 aromatic carbocycles. The van der Waals surface area contributed by atoms with Crippen LogP contribution >= 0.6 is 0 Å². The largest absolute Gasteiger partial charge is 0.493 e. The number of hydrogen-bond donors (Lipinski definition) is 2. The molecule has 1 aliphatic heterocycles. The molecule has 5 atom stereocenters. The summed E-state index contributed by atoms with van der Waals surface area (Å²) in [5, 5.41) is 12.1. The van der Waals surface area contributed by atoms with Crippen molar-refractivity contribution in [2.45, 2.75) is 50.7 Å². The molecule has 0 aliphatic carbocycles. The van der Waals surface area contributed by atoms with Crippen molar-refractivity contribution in [1.82, 2.24) is 4.98 Å². The number of halogens is 5. The van der Waals surface area contributed by atoms with E-state index in [1.165, 1.54) is 32.2 Å². The van der Waals surface area contributed by atoms with Crippen LogP contribution in [0.4, 0.5) is 27.6 Å². The average Bonchev–Trinajstić information content (AvgIpc) is 3.02. The van der Waals surface area contributed by atoms with Gasteiger partial charge >= 0.3 is 6.18 Å². The highest BCUT2D eigenvalue weighted by molar-refractivity contribution is 5.95. The second-order valence-corrected chi connectivity index (χ2v) is 8.08. The van der Waals surface area contributed by atoms with Gasteiger partial charge in [-0.15, -0.1) is 0 Å². The normalized spacial score (nSPS) is 26.2. The molecular weight excluding hydrogens is 451 g/mol. The minimum absolute atomic E-state index is 0.128. The number of nitrogens with one attached hydrogen (secondary N) is 1. The van der Waals surface area contributed by atoms with Gasteiger partial charge in [0.25, 0.3) is 5.91 Å². The molecule has 2 heterocycles. The molecule has 1 saturated heterocycles. The summed E-state index contributed by atoms with van der Waals surface area (Å²) in [7, 11) is 1.05. The molecule has 3 rings (SSSR count). The molecule has 0 unspecified atom stereocenters. The number of carbonyl (C=O) groups is 1. The number of nitrogens with zero attached hydrogens (tertiary/aromatic N) is 1. The van der Waals surface area contributed by atoms with Gasteiger partial charge in [0, 0.05) is 29.3 Å². The summed E-state index contributed by atoms with van der Waals surface area (Å²) in [6.45, 7) is 3.49. The van der Waals surface area contributed by atoms with Gasteiger partial charge in [-0.3, -0.25) is 9.78 Å². The minimum atomic E-state index is -4.86. The fourth-order valence-electron chi connectivity index (χ4n) is 4.01.